The SMILES string of the molecule is COc1cc2c(cc1OC)C1=NOC(CN3CCN(CC4=Cc5ccccc5CC4)CC3)C1CO2. The third-order valence-corrected chi connectivity index (χ3v) is 7.73. The Morgan fingerprint density at radius 3 is 2.57 bits per heavy atom. The smallest absolute Gasteiger partial charge is 0.164 e. The quantitative estimate of drug-likeness (QED) is 0.638. The Morgan fingerprint density at radius 1 is 0.971 bits per heavy atom. The Hall–Kier alpha value is -3.03. The van der Waals surface area contributed by atoms with Gasteiger partial charge in [-0.05, 0) is 30.0 Å². The second-order valence-electron chi connectivity index (χ2n) is 9.82. The Bertz CT molecular complexity index is 1150. The van der Waals surface area contributed by atoms with Gasteiger partial charge in [-0.3, -0.25) is 9.80 Å². The highest BCUT2D eigenvalue weighted by atomic mass is 16.6. The van der Waals surface area contributed by atoms with Gasteiger partial charge in [-0.2, -0.15) is 0 Å². The third kappa shape index (κ3) is 4.39. The van der Waals surface area contributed by atoms with Gasteiger partial charge in [0.2, 0.25) is 0 Å². The molecule has 3 aliphatic heterocycles. The van der Waals surface area contributed by atoms with Crippen molar-refractivity contribution in [1.82, 2.24) is 9.80 Å². The van der Waals surface area contributed by atoms with Crippen molar-refractivity contribution in [3.05, 3.63) is 58.7 Å². The molecule has 0 amide bonds. The van der Waals surface area contributed by atoms with Gasteiger partial charge in [0, 0.05) is 50.9 Å². The molecule has 1 aliphatic carbocycles. The number of benzene rings is 2. The zero-order chi connectivity index (χ0) is 23.8. The van der Waals surface area contributed by atoms with Crippen LogP contribution < -0.4 is 14.2 Å². The lowest BCUT2D eigenvalue weighted by molar-refractivity contribution is 0.0100. The van der Waals surface area contributed by atoms with Crippen LogP contribution in [0.1, 0.15) is 23.1 Å². The number of hydrogen-bond acceptors (Lipinski definition) is 7. The van der Waals surface area contributed by atoms with Crippen molar-refractivity contribution >= 4 is 11.8 Å². The number of aryl methyl sites for hydroxylation is 1. The lowest BCUT2D eigenvalue weighted by Crippen LogP contribution is -2.50. The fourth-order valence-corrected chi connectivity index (χ4v) is 5.68. The summed E-state index contributed by atoms with van der Waals surface area (Å²) in [6, 6.07) is 12.6. The van der Waals surface area contributed by atoms with E-state index in [1.807, 2.05) is 12.1 Å². The normalized spacial score (nSPS) is 23.7. The second kappa shape index (κ2) is 9.55. The predicted molar refractivity (Wildman–Crippen MR) is 136 cm³/mol. The highest BCUT2D eigenvalue weighted by Gasteiger charge is 2.41. The van der Waals surface area contributed by atoms with Crippen LogP contribution in [0, 0.1) is 5.92 Å². The summed E-state index contributed by atoms with van der Waals surface area (Å²) < 4.78 is 17.0. The standard InChI is InChI=1S/C28H33N3O4/c1-32-25-14-22-24(15-26(25)33-2)34-18-23-27(35-29-28(22)23)17-31-11-9-30(10-12-31)16-19-7-8-20-5-3-4-6-21(20)13-19/h3-6,13-15,23,27H,7-12,16-18H2,1-2H3. The first kappa shape index (κ1) is 22.4. The summed E-state index contributed by atoms with van der Waals surface area (Å²) in [6.07, 6.45) is 4.75. The van der Waals surface area contributed by atoms with Crippen LogP contribution in [-0.2, 0) is 11.3 Å². The molecule has 7 nitrogen and oxygen atoms in total. The van der Waals surface area contributed by atoms with Crippen molar-refractivity contribution in [1.29, 1.82) is 0 Å². The fraction of sp³-hybridized carbons (Fsp3) is 0.464. The summed E-state index contributed by atoms with van der Waals surface area (Å²) in [5.41, 5.74) is 6.33. The van der Waals surface area contributed by atoms with Gasteiger partial charge >= 0.3 is 0 Å². The van der Waals surface area contributed by atoms with Crippen LogP contribution in [0.15, 0.2) is 47.1 Å². The maximum atomic E-state index is 6.10. The van der Waals surface area contributed by atoms with E-state index in [2.05, 4.69) is 45.3 Å². The summed E-state index contributed by atoms with van der Waals surface area (Å²) in [7, 11) is 3.28. The average molecular weight is 476 g/mol. The highest BCUT2D eigenvalue weighted by Crippen LogP contribution is 2.41. The number of rotatable bonds is 6. The van der Waals surface area contributed by atoms with Gasteiger partial charge in [-0.25, -0.2) is 0 Å². The summed E-state index contributed by atoms with van der Waals surface area (Å²) in [4.78, 5) is 11.0. The molecule has 6 rings (SSSR count). The molecule has 184 valence electrons. The number of fused-ring (bicyclic) bond motifs is 4. The number of hydrogen-bond donors (Lipinski definition) is 0. The monoisotopic (exact) mass is 475 g/mol. The minimum Gasteiger partial charge on any atom is -0.493 e. The van der Waals surface area contributed by atoms with Crippen LogP contribution >= 0.6 is 0 Å². The Labute approximate surface area is 206 Å². The molecule has 2 atom stereocenters. The molecule has 1 saturated heterocycles. The van der Waals surface area contributed by atoms with Crippen molar-refractivity contribution < 1.29 is 19.0 Å². The first-order chi connectivity index (χ1) is 17.2. The summed E-state index contributed by atoms with van der Waals surface area (Å²) in [6.45, 7) is 6.78. The van der Waals surface area contributed by atoms with E-state index >= 15 is 0 Å². The third-order valence-electron chi connectivity index (χ3n) is 7.73. The molecule has 35 heavy (non-hydrogen) atoms. The zero-order valence-corrected chi connectivity index (χ0v) is 20.5. The number of nitrogens with zero attached hydrogens (tertiary/aromatic N) is 3. The van der Waals surface area contributed by atoms with E-state index in [1.54, 1.807) is 19.8 Å². The largest absolute Gasteiger partial charge is 0.493 e. The molecule has 0 bridgehead atoms. The van der Waals surface area contributed by atoms with Crippen molar-refractivity contribution in [2.24, 2.45) is 11.1 Å². The maximum absolute atomic E-state index is 6.10. The van der Waals surface area contributed by atoms with Gasteiger partial charge < -0.3 is 19.0 Å². The molecule has 2 aromatic carbocycles. The van der Waals surface area contributed by atoms with E-state index in [0.717, 1.165) is 62.7 Å². The fourth-order valence-electron chi connectivity index (χ4n) is 5.68. The molecular formula is C28H33N3O4. The topological polar surface area (TPSA) is 55.8 Å². The second-order valence-corrected chi connectivity index (χ2v) is 9.82. The van der Waals surface area contributed by atoms with Crippen molar-refractivity contribution in [3.63, 3.8) is 0 Å². The van der Waals surface area contributed by atoms with Gasteiger partial charge in [0.1, 0.15) is 18.1 Å². The van der Waals surface area contributed by atoms with Crippen LogP contribution in [0.2, 0.25) is 0 Å². The number of ether oxygens (including phenoxy) is 3. The van der Waals surface area contributed by atoms with Crippen LogP contribution in [0.4, 0.5) is 0 Å². The molecule has 2 unspecified atom stereocenters. The van der Waals surface area contributed by atoms with Crippen molar-refractivity contribution in [2.45, 2.75) is 18.9 Å². The Morgan fingerprint density at radius 2 is 1.74 bits per heavy atom. The van der Waals surface area contributed by atoms with Gasteiger partial charge in [0.25, 0.3) is 0 Å². The van der Waals surface area contributed by atoms with Gasteiger partial charge in [-0.1, -0.05) is 41.1 Å². The van der Waals surface area contributed by atoms with Crippen molar-refractivity contribution in [3.8, 4) is 17.2 Å². The highest BCUT2D eigenvalue weighted by molar-refractivity contribution is 6.06. The van der Waals surface area contributed by atoms with E-state index in [-0.39, 0.29) is 12.0 Å². The van der Waals surface area contributed by atoms with E-state index in [0.29, 0.717) is 18.1 Å². The number of methoxy groups -OCH3 is 2. The van der Waals surface area contributed by atoms with Gasteiger partial charge in [0.05, 0.1) is 20.1 Å². The Kier molecular flexibility index (Phi) is 6.12. The molecule has 0 radical (unpaired) electrons. The summed E-state index contributed by atoms with van der Waals surface area (Å²) in [5, 5.41) is 4.48. The molecular weight excluding hydrogens is 442 g/mol. The van der Waals surface area contributed by atoms with Crippen molar-refractivity contribution in [2.75, 3.05) is 60.1 Å². The molecule has 7 heteroatoms. The molecule has 0 aromatic heterocycles. The van der Waals surface area contributed by atoms with E-state index in [4.69, 9.17) is 19.0 Å². The Balaban J connectivity index is 1.04. The van der Waals surface area contributed by atoms with E-state index in [1.165, 1.54) is 17.5 Å². The molecule has 0 N–H and O–H groups in total. The molecule has 3 heterocycles. The minimum atomic E-state index is 0.00958. The average Bonchev–Trinajstić information content (AvgIpc) is 3.32. The first-order valence-corrected chi connectivity index (χ1v) is 12.6. The molecule has 0 spiro atoms. The maximum Gasteiger partial charge on any atom is 0.164 e. The lowest BCUT2D eigenvalue weighted by Gasteiger charge is -2.37. The number of piperazine rings is 1. The summed E-state index contributed by atoms with van der Waals surface area (Å²) >= 11 is 0. The van der Waals surface area contributed by atoms with E-state index < -0.39 is 0 Å². The molecule has 1 fully saturated rings. The minimum absolute atomic E-state index is 0.00958. The molecule has 0 saturated carbocycles. The van der Waals surface area contributed by atoms with Gasteiger partial charge in [0.15, 0.2) is 17.6 Å². The summed E-state index contributed by atoms with van der Waals surface area (Å²) in [5.74, 6) is 2.24. The van der Waals surface area contributed by atoms with Crippen LogP contribution in [0.5, 0.6) is 17.2 Å². The van der Waals surface area contributed by atoms with Crippen LogP contribution in [-0.4, -0.2) is 81.7 Å². The molecule has 2 aromatic rings. The lowest BCUT2D eigenvalue weighted by atomic mass is 9.90. The van der Waals surface area contributed by atoms with Crippen LogP contribution in [0.3, 0.4) is 0 Å². The van der Waals surface area contributed by atoms with Crippen LogP contribution in [0.25, 0.3) is 6.08 Å². The van der Waals surface area contributed by atoms with Gasteiger partial charge in [-0.15, -0.1) is 0 Å². The molecule has 4 aliphatic rings. The van der Waals surface area contributed by atoms with E-state index in [9.17, 15) is 0 Å². The zero-order valence-electron chi connectivity index (χ0n) is 20.5. The first-order valence-electron chi connectivity index (χ1n) is 12.6. The number of oxime groups is 1. The predicted octanol–water partition coefficient (Wildman–Crippen LogP) is 3.46.